The lowest BCUT2D eigenvalue weighted by Gasteiger charge is -2.40. The number of hydrogen-bond donors (Lipinski definition) is 2. The Morgan fingerprint density at radius 1 is 1.12 bits per heavy atom. The average Bonchev–Trinajstić information content (AvgIpc) is 2.71. The van der Waals surface area contributed by atoms with Crippen molar-refractivity contribution in [3.05, 3.63) is 81.0 Å². The van der Waals surface area contributed by atoms with Gasteiger partial charge < -0.3 is 10.6 Å². The highest BCUT2D eigenvalue weighted by Crippen LogP contribution is 2.31. The molecule has 1 amide bonds. The van der Waals surface area contributed by atoms with Gasteiger partial charge in [-0.25, -0.2) is 0 Å². The van der Waals surface area contributed by atoms with E-state index >= 15 is 0 Å². The van der Waals surface area contributed by atoms with Crippen LogP contribution in [0.1, 0.15) is 51.0 Å². The summed E-state index contributed by atoms with van der Waals surface area (Å²) in [6, 6.07) is 12.5. The summed E-state index contributed by atoms with van der Waals surface area (Å²) in [5.74, 6) is -0.0705. The van der Waals surface area contributed by atoms with Gasteiger partial charge in [0, 0.05) is 35.7 Å². The molecule has 1 saturated heterocycles. The minimum Gasteiger partial charge on any atom is -0.394 e. The lowest BCUT2D eigenvalue weighted by molar-refractivity contribution is -0.0931. The van der Waals surface area contributed by atoms with Crippen molar-refractivity contribution in [2.24, 2.45) is 5.73 Å². The van der Waals surface area contributed by atoms with Crippen molar-refractivity contribution in [3.63, 3.8) is 0 Å². The summed E-state index contributed by atoms with van der Waals surface area (Å²) in [5, 5.41) is 17.2. The fraction of sp³-hybridized carbons (Fsp3) is 0.292. The molecule has 166 valence electrons. The maximum Gasteiger partial charge on any atom is 0.431 e. The third-order valence-electron chi connectivity index (χ3n) is 5.84. The smallest absolute Gasteiger partial charge is 0.394 e. The first-order valence-corrected chi connectivity index (χ1v) is 9.97. The van der Waals surface area contributed by atoms with Crippen molar-refractivity contribution in [1.82, 2.24) is 4.90 Å². The lowest BCUT2D eigenvalue weighted by Crippen LogP contribution is -2.48. The second-order valence-electron chi connectivity index (χ2n) is 8.03. The number of nitrogens with zero attached hydrogens (tertiary/aromatic N) is 2. The number of nitrogens with one attached hydrogen (secondary N) is 1. The monoisotopic (exact) mass is 440 g/mol. The number of nitriles is 1. The van der Waals surface area contributed by atoms with Crippen LogP contribution in [-0.4, -0.2) is 35.8 Å². The first-order chi connectivity index (χ1) is 14.9. The highest BCUT2D eigenvalue weighted by molar-refractivity contribution is 6.13. The van der Waals surface area contributed by atoms with E-state index < -0.39 is 11.9 Å². The number of aryl methyl sites for hydroxylation is 2. The van der Waals surface area contributed by atoms with Crippen LogP contribution in [0.25, 0.3) is 0 Å². The van der Waals surface area contributed by atoms with Crippen LogP contribution in [0.3, 0.4) is 0 Å². The van der Waals surface area contributed by atoms with E-state index in [2.05, 4.69) is 6.07 Å². The van der Waals surface area contributed by atoms with Crippen LogP contribution in [0.5, 0.6) is 0 Å². The van der Waals surface area contributed by atoms with Gasteiger partial charge in [-0.05, 0) is 55.7 Å². The van der Waals surface area contributed by atoms with E-state index in [0.717, 1.165) is 12.5 Å². The van der Waals surface area contributed by atoms with E-state index in [1.165, 1.54) is 6.07 Å². The molecule has 1 aliphatic heterocycles. The van der Waals surface area contributed by atoms with Gasteiger partial charge in [-0.3, -0.25) is 10.2 Å². The van der Waals surface area contributed by atoms with Crippen LogP contribution < -0.4 is 5.73 Å². The predicted molar refractivity (Wildman–Crippen MR) is 115 cm³/mol. The molecule has 0 aromatic heterocycles. The first kappa shape index (κ1) is 23.1. The Morgan fingerprint density at radius 3 is 2.22 bits per heavy atom. The third kappa shape index (κ3) is 4.37. The summed E-state index contributed by atoms with van der Waals surface area (Å²) in [6.07, 6.45) is -4.73. The van der Waals surface area contributed by atoms with Gasteiger partial charge in [0.05, 0.1) is 17.3 Å². The molecule has 32 heavy (non-hydrogen) atoms. The second kappa shape index (κ2) is 8.50. The highest BCUT2D eigenvalue weighted by atomic mass is 19.4. The molecule has 3 N–H and O–H groups in total. The number of likely N-dealkylation sites (tertiary alicyclic amines) is 1. The molecule has 1 fully saturated rings. The fourth-order valence-corrected chi connectivity index (χ4v) is 3.76. The molecule has 0 bridgehead atoms. The molecule has 3 rings (SSSR count). The van der Waals surface area contributed by atoms with Gasteiger partial charge in [-0.1, -0.05) is 18.2 Å². The van der Waals surface area contributed by atoms with Crippen LogP contribution >= 0.6 is 0 Å². The number of carbonyl (C=O) groups is 1. The molecule has 8 heteroatoms. The molecule has 0 atom stereocenters. The van der Waals surface area contributed by atoms with Gasteiger partial charge in [-0.2, -0.15) is 18.4 Å². The number of halogens is 3. The Morgan fingerprint density at radius 2 is 1.69 bits per heavy atom. The van der Waals surface area contributed by atoms with Crippen LogP contribution in [0, 0.1) is 30.6 Å². The van der Waals surface area contributed by atoms with Gasteiger partial charge in [0.15, 0.2) is 0 Å². The van der Waals surface area contributed by atoms with Crippen molar-refractivity contribution in [1.29, 1.82) is 10.7 Å². The largest absolute Gasteiger partial charge is 0.431 e. The van der Waals surface area contributed by atoms with E-state index in [1.54, 1.807) is 36.9 Å². The van der Waals surface area contributed by atoms with Crippen molar-refractivity contribution in [2.75, 3.05) is 13.1 Å². The number of hydrogen-bond acceptors (Lipinski definition) is 4. The van der Waals surface area contributed by atoms with Gasteiger partial charge in [0.1, 0.15) is 5.70 Å². The molecule has 2 aromatic carbocycles. The quantitative estimate of drug-likeness (QED) is 0.682. The molecule has 2 aromatic rings. The van der Waals surface area contributed by atoms with Gasteiger partial charge >= 0.3 is 6.18 Å². The Hall–Kier alpha value is -3.60. The van der Waals surface area contributed by atoms with E-state index in [4.69, 9.17) is 16.4 Å². The summed E-state index contributed by atoms with van der Waals surface area (Å²) in [5.41, 5.74) is 6.64. The predicted octanol–water partition coefficient (Wildman–Crippen LogP) is 4.58. The van der Waals surface area contributed by atoms with Crippen LogP contribution in [-0.2, 0) is 0 Å². The molecule has 1 aliphatic rings. The van der Waals surface area contributed by atoms with Crippen molar-refractivity contribution >= 4 is 11.6 Å². The fourth-order valence-electron chi connectivity index (χ4n) is 3.76. The van der Waals surface area contributed by atoms with Gasteiger partial charge in [0.2, 0.25) is 0 Å². The molecule has 5 nitrogen and oxygen atoms in total. The molecular weight excluding hydrogens is 417 g/mol. The standard InChI is InChI=1S/C24H23F3N4O/c1-13-8-14(2)20(9-19(13)21(29)15(3)22(30)24(25,26)27)23(32)31-11-18(12-31)17-6-4-16(10-28)5-7-17/h4-9,18,29H,11-12,30H2,1-3H3/b22-15-,29-21?. The van der Waals surface area contributed by atoms with Crippen molar-refractivity contribution in [3.8, 4) is 6.07 Å². The topological polar surface area (TPSA) is 94.0 Å². The molecule has 0 saturated carbocycles. The number of alkyl halides is 3. The van der Waals surface area contributed by atoms with Crippen LogP contribution in [0.15, 0.2) is 47.7 Å². The molecule has 0 spiro atoms. The Balaban J connectivity index is 1.82. The van der Waals surface area contributed by atoms with E-state index in [0.29, 0.717) is 35.3 Å². The average molecular weight is 440 g/mol. The van der Waals surface area contributed by atoms with Gasteiger partial charge in [-0.15, -0.1) is 0 Å². The molecule has 0 aliphatic carbocycles. The number of benzene rings is 2. The molecular formula is C24H23F3N4O. The van der Waals surface area contributed by atoms with Crippen molar-refractivity contribution in [2.45, 2.75) is 32.9 Å². The Bertz CT molecular complexity index is 1150. The van der Waals surface area contributed by atoms with E-state index in [9.17, 15) is 18.0 Å². The summed E-state index contributed by atoms with van der Waals surface area (Å²) in [6.45, 7) is 5.62. The Labute approximate surface area is 184 Å². The van der Waals surface area contributed by atoms with Crippen molar-refractivity contribution < 1.29 is 18.0 Å². The second-order valence-corrected chi connectivity index (χ2v) is 8.03. The highest BCUT2D eigenvalue weighted by Gasteiger charge is 2.35. The number of rotatable bonds is 4. The normalized spacial score (nSPS) is 15.0. The molecule has 0 unspecified atom stereocenters. The third-order valence-corrected chi connectivity index (χ3v) is 5.84. The number of nitrogens with two attached hydrogens (primary N) is 1. The minimum atomic E-state index is -4.73. The Kier molecular flexibility index (Phi) is 6.13. The zero-order valence-electron chi connectivity index (χ0n) is 18.0. The summed E-state index contributed by atoms with van der Waals surface area (Å²) in [4.78, 5) is 14.7. The van der Waals surface area contributed by atoms with Crippen LogP contribution in [0.2, 0.25) is 0 Å². The minimum absolute atomic E-state index is 0.159. The zero-order chi connectivity index (χ0) is 23.8. The maximum absolute atomic E-state index is 13.1. The summed E-state index contributed by atoms with van der Waals surface area (Å²) >= 11 is 0. The van der Waals surface area contributed by atoms with E-state index in [-0.39, 0.29) is 28.7 Å². The lowest BCUT2D eigenvalue weighted by atomic mass is 9.88. The van der Waals surface area contributed by atoms with Crippen LogP contribution in [0.4, 0.5) is 13.2 Å². The first-order valence-electron chi connectivity index (χ1n) is 9.97. The summed E-state index contributed by atoms with van der Waals surface area (Å²) in [7, 11) is 0. The molecule has 1 heterocycles. The van der Waals surface area contributed by atoms with Gasteiger partial charge in [0.25, 0.3) is 5.91 Å². The maximum atomic E-state index is 13.1. The number of amides is 1. The molecule has 0 radical (unpaired) electrons. The van der Waals surface area contributed by atoms with E-state index in [1.807, 2.05) is 12.1 Å². The SMILES string of the molecule is C/C(C(=N)c1cc(C(=O)N2CC(c3ccc(C#N)cc3)C2)c(C)cc1C)=C(/N)C(F)(F)F. The number of carbonyl (C=O) groups excluding carboxylic acids is 1. The summed E-state index contributed by atoms with van der Waals surface area (Å²) < 4.78 is 38.9. The zero-order valence-corrected chi connectivity index (χ0v) is 18.0. The number of allylic oxidation sites excluding steroid dienone is 2.